The van der Waals surface area contributed by atoms with Crippen molar-refractivity contribution in [2.45, 2.75) is 32.4 Å². The summed E-state index contributed by atoms with van der Waals surface area (Å²) >= 11 is 0. The Kier molecular flexibility index (Phi) is 2.76. The highest BCUT2D eigenvalue weighted by Crippen LogP contribution is 2.23. The van der Waals surface area contributed by atoms with Crippen molar-refractivity contribution >= 4 is 0 Å². The molecule has 1 aliphatic rings. The fourth-order valence-electron chi connectivity index (χ4n) is 2.08. The summed E-state index contributed by atoms with van der Waals surface area (Å²) in [6, 6.07) is 4.09. The van der Waals surface area contributed by atoms with Crippen LogP contribution in [0.15, 0.2) is 18.3 Å². The molecule has 82 valence electrons. The minimum atomic E-state index is 0.0582. The summed E-state index contributed by atoms with van der Waals surface area (Å²) in [6.45, 7) is 7.20. The summed E-state index contributed by atoms with van der Waals surface area (Å²) in [5, 5.41) is 0. The van der Waals surface area contributed by atoms with Crippen LogP contribution >= 0.6 is 0 Å². The molecule has 0 atom stereocenters. The van der Waals surface area contributed by atoms with Crippen LogP contribution in [0.4, 0.5) is 0 Å². The average molecular weight is 205 g/mol. The second-order valence-corrected chi connectivity index (χ2v) is 4.63. The minimum absolute atomic E-state index is 0.0582. The number of pyridine rings is 1. The van der Waals surface area contributed by atoms with E-state index in [1.165, 1.54) is 11.3 Å². The Morgan fingerprint density at radius 3 is 2.87 bits per heavy atom. The predicted molar refractivity (Wildman–Crippen MR) is 61.5 cm³/mol. The molecule has 2 rings (SSSR count). The van der Waals surface area contributed by atoms with E-state index < -0.39 is 0 Å². The van der Waals surface area contributed by atoms with Crippen LogP contribution in [0.2, 0.25) is 0 Å². The number of hydrogen-bond acceptors (Lipinski definition) is 3. The summed E-state index contributed by atoms with van der Waals surface area (Å²) in [4.78, 5) is 6.75. The zero-order chi connectivity index (χ0) is 10.9. The lowest BCUT2D eigenvalue weighted by Gasteiger charge is -2.47. The van der Waals surface area contributed by atoms with Crippen LogP contribution < -0.4 is 5.73 Å². The van der Waals surface area contributed by atoms with E-state index in [2.05, 4.69) is 29.8 Å². The lowest BCUT2D eigenvalue weighted by atomic mass is 9.88. The van der Waals surface area contributed by atoms with E-state index in [4.69, 9.17) is 5.73 Å². The monoisotopic (exact) mass is 205 g/mol. The number of hydrogen-bond donors (Lipinski definition) is 1. The summed E-state index contributed by atoms with van der Waals surface area (Å²) in [5.41, 5.74) is 8.62. The molecule has 1 aromatic heterocycles. The van der Waals surface area contributed by atoms with Crippen molar-refractivity contribution in [3.05, 3.63) is 29.6 Å². The Bertz CT molecular complexity index is 342. The molecule has 1 aromatic rings. The Morgan fingerprint density at radius 2 is 2.27 bits per heavy atom. The quantitative estimate of drug-likeness (QED) is 0.809. The molecule has 1 saturated heterocycles. The molecule has 15 heavy (non-hydrogen) atoms. The lowest BCUT2D eigenvalue weighted by molar-refractivity contribution is 0.0593. The molecule has 0 aromatic carbocycles. The van der Waals surface area contributed by atoms with Crippen LogP contribution in [0, 0.1) is 6.92 Å². The van der Waals surface area contributed by atoms with E-state index in [1.807, 2.05) is 12.3 Å². The highest BCUT2D eigenvalue weighted by molar-refractivity contribution is 5.18. The highest BCUT2D eigenvalue weighted by Gasteiger charge is 2.37. The van der Waals surface area contributed by atoms with Crippen molar-refractivity contribution in [3.63, 3.8) is 0 Å². The third-order valence-electron chi connectivity index (χ3n) is 3.27. The third-order valence-corrected chi connectivity index (χ3v) is 3.27. The molecule has 0 bridgehead atoms. The van der Waals surface area contributed by atoms with Gasteiger partial charge in [-0.2, -0.15) is 0 Å². The highest BCUT2D eigenvalue weighted by atomic mass is 15.2. The zero-order valence-corrected chi connectivity index (χ0v) is 9.53. The number of likely N-dealkylation sites (tertiary alicyclic amines) is 1. The van der Waals surface area contributed by atoms with Gasteiger partial charge in [0.2, 0.25) is 0 Å². The van der Waals surface area contributed by atoms with Gasteiger partial charge < -0.3 is 5.73 Å². The summed E-state index contributed by atoms with van der Waals surface area (Å²) in [5.74, 6) is 0. The Morgan fingerprint density at radius 1 is 1.53 bits per heavy atom. The molecule has 1 fully saturated rings. The molecule has 0 aliphatic carbocycles. The topological polar surface area (TPSA) is 42.1 Å². The van der Waals surface area contributed by atoms with E-state index in [9.17, 15) is 0 Å². The van der Waals surface area contributed by atoms with Gasteiger partial charge in [-0.1, -0.05) is 13.0 Å². The van der Waals surface area contributed by atoms with Crippen LogP contribution in [0.1, 0.15) is 24.6 Å². The van der Waals surface area contributed by atoms with Crippen LogP contribution in [0.3, 0.4) is 0 Å². The van der Waals surface area contributed by atoms with E-state index in [0.717, 1.165) is 26.1 Å². The van der Waals surface area contributed by atoms with Crippen molar-refractivity contribution in [2.75, 3.05) is 13.1 Å². The Balaban J connectivity index is 1.93. The first-order chi connectivity index (χ1) is 7.13. The van der Waals surface area contributed by atoms with Gasteiger partial charge in [0.15, 0.2) is 0 Å². The molecule has 0 amide bonds. The van der Waals surface area contributed by atoms with Crippen LogP contribution in [-0.2, 0) is 6.54 Å². The molecular weight excluding hydrogens is 186 g/mol. The number of nitrogens with two attached hydrogens (primary N) is 1. The van der Waals surface area contributed by atoms with Gasteiger partial charge in [0.1, 0.15) is 0 Å². The van der Waals surface area contributed by atoms with Crippen molar-refractivity contribution in [1.82, 2.24) is 9.88 Å². The predicted octanol–water partition coefficient (Wildman–Crippen LogP) is 1.31. The average Bonchev–Trinajstić information content (AvgIpc) is 2.18. The molecule has 0 saturated carbocycles. The summed E-state index contributed by atoms with van der Waals surface area (Å²) in [7, 11) is 0. The first-order valence-electron chi connectivity index (χ1n) is 5.55. The van der Waals surface area contributed by atoms with Crippen LogP contribution in [-0.4, -0.2) is 28.5 Å². The van der Waals surface area contributed by atoms with Gasteiger partial charge in [0.25, 0.3) is 0 Å². The van der Waals surface area contributed by atoms with Crippen LogP contribution in [0.5, 0.6) is 0 Å². The second-order valence-electron chi connectivity index (χ2n) is 4.63. The number of nitrogens with zero attached hydrogens (tertiary/aromatic N) is 2. The van der Waals surface area contributed by atoms with Gasteiger partial charge in [-0.25, -0.2) is 0 Å². The molecule has 3 nitrogen and oxygen atoms in total. The fraction of sp³-hybridized carbons (Fsp3) is 0.583. The maximum absolute atomic E-state index is 6.12. The smallest absolute Gasteiger partial charge is 0.0573 e. The van der Waals surface area contributed by atoms with Crippen molar-refractivity contribution in [3.8, 4) is 0 Å². The van der Waals surface area contributed by atoms with E-state index in [1.54, 1.807) is 0 Å². The van der Waals surface area contributed by atoms with Gasteiger partial charge in [0.05, 0.1) is 5.69 Å². The largest absolute Gasteiger partial charge is 0.323 e. The minimum Gasteiger partial charge on any atom is -0.323 e. The standard InChI is InChI=1S/C12H19N3/c1-3-12(13)8-15(9-12)7-11-10(2)5-4-6-14-11/h4-6H,3,7-9,13H2,1-2H3. The van der Waals surface area contributed by atoms with E-state index in [0.29, 0.717) is 0 Å². The van der Waals surface area contributed by atoms with Gasteiger partial charge in [-0.3, -0.25) is 9.88 Å². The lowest BCUT2D eigenvalue weighted by Crippen LogP contribution is -2.66. The van der Waals surface area contributed by atoms with Gasteiger partial charge in [-0.15, -0.1) is 0 Å². The molecule has 0 spiro atoms. The SMILES string of the molecule is CCC1(N)CN(Cc2ncccc2C)C1. The molecule has 0 radical (unpaired) electrons. The van der Waals surface area contributed by atoms with Crippen LogP contribution in [0.25, 0.3) is 0 Å². The third kappa shape index (κ3) is 2.19. The molecule has 0 unspecified atom stereocenters. The van der Waals surface area contributed by atoms with Crippen molar-refractivity contribution in [2.24, 2.45) is 5.73 Å². The maximum atomic E-state index is 6.12. The van der Waals surface area contributed by atoms with Crippen molar-refractivity contribution in [1.29, 1.82) is 0 Å². The summed E-state index contributed by atoms with van der Waals surface area (Å²) in [6.07, 6.45) is 2.92. The zero-order valence-electron chi connectivity index (χ0n) is 9.53. The first kappa shape index (κ1) is 10.6. The summed E-state index contributed by atoms with van der Waals surface area (Å²) < 4.78 is 0. The number of rotatable bonds is 3. The van der Waals surface area contributed by atoms with E-state index >= 15 is 0 Å². The second kappa shape index (κ2) is 3.91. The van der Waals surface area contributed by atoms with Gasteiger partial charge in [-0.05, 0) is 25.0 Å². The number of aromatic nitrogens is 1. The van der Waals surface area contributed by atoms with E-state index in [-0.39, 0.29) is 5.54 Å². The fourth-order valence-corrected chi connectivity index (χ4v) is 2.08. The molecule has 1 aliphatic heterocycles. The number of aryl methyl sites for hydroxylation is 1. The normalized spacial score (nSPS) is 19.9. The molecule has 2 heterocycles. The van der Waals surface area contributed by atoms with Gasteiger partial charge in [0, 0.05) is 31.4 Å². The Labute approximate surface area is 91.3 Å². The molecule has 3 heteroatoms. The van der Waals surface area contributed by atoms with Crippen molar-refractivity contribution < 1.29 is 0 Å². The molecule has 2 N–H and O–H groups in total. The van der Waals surface area contributed by atoms with Gasteiger partial charge >= 0.3 is 0 Å². The Hall–Kier alpha value is -0.930. The maximum Gasteiger partial charge on any atom is 0.0573 e. The molecular formula is C12H19N3. The first-order valence-corrected chi connectivity index (χ1v) is 5.55.